The molecule has 2 fully saturated rings. The Kier molecular flexibility index (Phi) is 5.80. The molecule has 1 aromatic heterocycles. The molecule has 0 spiro atoms. The number of nitriles is 1. The Morgan fingerprint density at radius 2 is 2.00 bits per heavy atom. The third kappa shape index (κ3) is 4.19. The number of benzene rings is 1. The van der Waals surface area contributed by atoms with E-state index in [1.54, 1.807) is 12.1 Å². The van der Waals surface area contributed by atoms with Crippen LogP contribution in [0.5, 0.6) is 0 Å². The van der Waals surface area contributed by atoms with E-state index in [-0.39, 0.29) is 5.54 Å². The number of alkyl halides is 2. The van der Waals surface area contributed by atoms with Crippen LogP contribution < -0.4 is 0 Å². The van der Waals surface area contributed by atoms with Gasteiger partial charge in [0.15, 0.2) is 0 Å². The van der Waals surface area contributed by atoms with Gasteiger partial charge in [0.05, 0.1) is 5.56 Å². The molecule has 2 atom stereocenters. The molecule has 0 bridgehead atoms. The van der Waals surface area contributed by atoms with Crippen molar-refractivity contribution in [2.75, 3.05) is 19.7 Å². The SMILES string of the molecule is CC(C)(c1ccc(Cl)cc1)N1CC[C@@](CCc2ccc(C#N)cn2)(C2OCC2(F)F)C1. The molecule has 3 heterocycles. The van der Waals surface area contributed by atoms with Crippen LogP contribution in [0.4, 0.5) is 8.78 Å². The first-order chi connectivity index (χ1) is 14.7. The van der Waals surface area contributed by atoms with Crippen LogP contribution >= 0.6 is 11.6 Å². The van der Waals surface area contributed by atoms with Gasteiger partial charge in [-0.3, -0.25) is 9.88 Å². The largest absolute Gasteiger partial charge is 0.365 e. The molecule has 0 saturated carbocycles. The summed E-state index contributed by atoms with van der Waals surface area (Å²) in [6, 6.07) is 13.3. The molecular formula is C24H26ClF2N3O. The summed E-state index contributed by atoms with van der Waals surface area (Å²) in [7, 11) is 0. The van der Waals surface area contributed by atoms with Crippen LogP contribution in [0.2, 0.25) is 5.02 Å². The molecular weight excluding hydrogens is 420 g/mol. The highest BCUT2D eigenvalue weighted by atomic mass is 35.5. The van der Waals surface area contributed by atoms with Crippen molar-refractivity contribution in [1.82, 2.24) is 9.88 Å². The molecule has 1 unspecified atom stereocenters. The lowest BCUT2D eigenvalue weighted by molar-refractivity contribution is -0.301. The van der Waals surface area contributed by atoms with Crippen LogP contribution in [0.15, 0.2) is 42.6 Å². The summed E-state index contributed by atoms with van der Waals surface area (Å²) in [4.78, 5) is 6.61. The fraction of sp³-hybridized carbons (Fsp3) is 0.500. The fourth-order valence-corrected chi connectivity index (χ4v) is 5.02. The minimum atomic E-state index is -2.81. The van der Waals surface area contributed by atoms with Crippen molar-refractivity contribution in [2.24, 2.45) is 5.41 Å². The van der Waals surface area contributed by atoms with Crippen LogP contribution in [0.25, 0.3) is 0 Å². The second-order valence-electron chi connectivity index (χ2n) is 9.20. The van der Waals surface area contributed by atoms with Gasteiger partial charge in [0, 0.05) is 34.4 Å². The van der Waals surface area contributed by atoms with Gasteiger partial charge in [0.2, 0.25) is 0 Å². The molecule has 1 aromatic carbocycles. The summed E-state index contributed by atoms with van der Waals surface area (Å²) in [5.74, 6) is -2.81. The lowest BCUT2D eigenvalue weighted by Gasteiger charge is -2.48. The first kappa shape index (κ1) is 22.1. The van der Waals surface area contributed by atoms with E-state index in [2.05, 4.69) is 29.8 Å². The van der Waals surface area contributed by atoms with Gasteiger partial charge in [-0.1, -0.05) is 23.7 Å². The van der Waals surface area contributed by atoms with Gasteiger partial charge >= 0.3 is 0 Å². The maximum absolute atomic E-state index is 14.5. The third-order valence-electron chi connectivity index (χ3n) is 6.94. The Labute approximate surface area is 186 Å². The molecule has 4 rings (SSSR count). The number of aryl methyl sites for hydroxylation is 1. The van der Waals surface area contributed by atoms with Crippen LogP contribution in [0.1, 0.15) is 43.5 Å². The van der Waals surface area contributed by atoms with Gasteiger partial charge in [-0.2, -0.15) is 5.26 Å². The molecule has 2 aliphatic rings. The molecule has 31 heavy (non-hydrogen) atoms. The van der Waals surface area contributed by atoms with Gasteiger partial charge in [0.1, 0.15) is 18.8 Å². The van der Waals surface area contributed by atoms with Crippen molar-refractivity contribution in [3.05, 3.63) is 64.4 Å². The van der Waals surface area contributed by atoms with E-state index in [4.69, 9.17) is 21.6 Å². The number of halogens is 3. The summed E-state index contributed by atoms with van der Waals surface area (Å²) < 4.78 is 34.5. The maximum Gasteiger partial charge on any atom is 0.297 e. The average molecular weight is 446 g/mol. The zero-order chi connectivity index (χ0) is 22.3. The predicted molar refractivity (Wildman–Crippen MR) is 115 cm³/mol. The Morgan fingerprint density at radius 3 is 2.55 bits per heavy atom. The Hall–Kier alpha value is -2.07. The second kappa shape index (κ2) is 8.12. The van der Waals surface area contributed by atoms with Crippen molar-refractivity contribution in [1.29, 1.82) is 5.26 Å². The number of hydrogen-bond acceptors (Lipinski definition) is 4. The Morgan fingerprint density at radius 1 is 1.26 bits per heavy atom. The number of ether oxygens (including phenoxy) is 1. The maximum atomic E-state index is 14.5. The van der Waals surface area contributed by atoms with E-state index in [1.165, 1.54) is 6.20 Å². The van der Waals surface area contributed by atoms with Crippen molar-refractivity contribution in [3.8, 4) is 6.07 Å². The minimum Gasteiger partial charge on any atom is -0.365 e. The first-order valence-electron chi connectivity index (χ1n) is 10.5. The molecule has 0 amide bonds. The van der Waals surface area contributed by atoms with E-state index in [0.29, 0.717) is 42.9 Å². The van der Waals surface area contributed by atoms with Gasteiger partial charge in [0.25, 0.3) is 5.92 Å². The normalized spacial score (nSPS) is 25.7. The van der Waals surface area contributed by atoms with E-state index in [1.807, 2.05) is 24.3 Å². The summed E-state index contributed by atoms with van der Waals surface area (Å²) >= 11 is 6.05. The van der Waals surface area contributed by atoms with Crippen LogP contribution in [0, 0.1) is 16.7 Å². The summed E-state index contributed by atoms with van der Waals surface area (Å²) in [5, 5.41) is 9.63. The predicted octanol–water partition coefficient (Wildman–Crippen LogP) is 5.20. The number of nitrogens with zero attached hydrogens (tertiary/aromatic N) is 3. The third-order valence-corrected chi connectivity index (χ3v) is 7.19. The summed E-state index contributed by atoms with van der Waals surface area (Å²) in [6.07, 6.45) is 2.21. The number of pyridine rings is 1. The van der Waals surface area contributed by atoms with Gasteiger partial charge in [-0.25, -0.2) is 8.78 Å². The second-order valence-corrected chi connectivity index (χ2v) is 9.64. The Bertz CT molecular complexity index is 972. The van der Waals surface area contributed by atoms with E-state index in [0.717, 1.165) is 11.3 Å². The van der Waals surface area contributed by atoms with Crippen LogP contribution in [0.3, 0.4) is 0 Å². The topological polar surface area (TPSA) is 49.2 Å². The molecule has 0 N–H and O–H groups in total. The molecule has 164 valence electrons. The van der Waals surface area contributed by atoms with Crippen molar-refractivity contribution in [3.63, 3.8) is 0 Å². The van der Waals surface area contributed by atoms with Crippen molar-refractivity contribution >= 4 is 11.6 Å². The monoisotopic (exact) mass is 445 g/mol. The molecule has 4 nitrogen and oxygen atoms in total. The van der Waals surface area contributed by atoms with Crippen LogP contribution in [-0.2, 0) is 16.7 Å². The number of rotatable bonds is 6. The molecule has 2 aliphatic heterocycles. The number of aromatic nitrogens is 1. The molecule has 2 aromatic rings. The summed E-state index contributed by atoms with van der Waals surface area (Å²) in [5.41, 5.74) is 1.42. The quantitative estimate of drug-likeness (QED) is 0.613. The number of likely N-dealkylation sites (tertiary alicyclic amines) is 1. The average Bonchev–Trinajstić information content (AvgIpc) is 3.18. The standard InChI is InChI=1S/C24H26ClF2N3O/c1-22(2,18-4-6-19(25)7-5-18)30-12-11-23(15-30,21-24(26,27)16-31-21)10-9-20-8-3-17(13-28)14-29-20/h3-8,14,21H,9-12,15-16H2,1-2H3/t21?,23-/m1/s1. The zero-order valence-electron chi connectivity index (χ0n) is 17.7. The molecule has 2 saturated heterocycles. The van der Waals surface area contributed by atoms with E-state index >= 15 is 0 Å². The van der Waals surface area contributed by atoms with E-state index < -0.39 is 24.0 Å². The first-order valence-corrected chi connectivity index (χ1v) is 10.9. The van der Waals surface area contributed by atoms with Gasteiger partial charge in [-0.05, 0) is 69.5 Å². The number of hydrogen-bond donors (Lipinski definition) is 0. The minimum absolute atomic E-state index is 0.321. The van der Waals surface area contributed by atoms with Crippen LogP contribution in [-0.4, -0.2) is 41.6 Å². The highest BCUT2D eigenvalue weighted by molar-refractivity contribution is 6.30. The highest BCUT2D eigenvalue weighted by Gasteiger charge is 2.62. The fourth-order valence-electron chi connectivity index (χ4n) is 4.90. The highest BCUT2D eigenvalue weighted by Crippen LogP contribution is 2.52. The zero-order valence-corrected chi connectivity index (χ0v) is 18.5. The van der Waals surface area contributed by atoms with Crippen molar-refractivity contribution in [2.45, 2.75) is 50.7 Å². The van der Waals surface area contributed by atoms with Crippen molar-refractivity contribution < 1.29 is 13.5 Å². The molecule has 7 heteroatoms. The smallest absolute Gasteiger partial charge is 0.297 e. The van der Waals surface area contributed by atoms with Gasteiger partial charge in [-0.15, -0.1) is 0 Å². The lowest BCUT2D eigenvalue weighted by atomic mass is 9.72. The summed E-state index contributed by atoms with van der Waals surface area (Å²) in [6.45, 7) is 4.98. The molecule has 0 aliphatic carbocycles. The Balaban J connectivity index is 1.56. The lowest BCUT2D eigenvalue weighted by Crippen LogP contribution is -2.61. The molecule has 0 radical (unpaired) electrons. The van der Waals surface area contributed by atoms with Gasteiger partial charge < -0.3 is 4.74 Å². The van der Waals surface area contributed by atoms with E-state index in [9.17, 15) is 8.78 Å².